The highest BCUT2D eigenvalue weighted by atomic mass is 16.5. The summed E-state index contributed by atoms with van der Waals surface area (Å²) in [6.45, 7) is 4.85. The van der Waals surface area contributed by atoms with Gasteiger partial charge in [-0.05, 0) is 31.6 Å². The molecule has 6 atom stereocenters. The van der Waals surface area contributed by atoms with Gasteiger partial charge in [0.1, 0.15) is 28.9 Å². The van der Waals surface area contributed by atoms with Gasteiger partial charge in [0, 0.05) is 11.5 Å². The number of esters is 1. The maximum absolute atomic E-state index is 14.0. The number of nitrogens with zero attached hydrogens (tertiary/aromatic N) is 1. The van der Waals surface area contributed by atoms with Crippen molar-refractivity contribution >= 4 is 29.2 Å². The Morgan fingerprint density at radius 1 is 1.14 bits per heavy atom. The molecule has 0 radical (unpaired) electrons. The molecule has 1 fully saturated rings. The predicted molar refractivity (Wildman–Crippen MR) is 129 cm³/mol. The first-order valence-electron chi connectivity index (χ1n) is 11.8. The number of carbonyl (C=O) groups is 4. The Labute approximate surface area is 212 Å². The van der Waals surface area contributed by atoms with Crippen LogP contribution in [0.25, 0.3) is 5.76 Å². The minimum atomic E-state index is -2.95. The third-order valence-electron chi connectivity index (χ3n) is 7.69. The highest BCUT2D eigenvalue weighted by molar-refractivity contribution is 6.24. The fourth-order valence-electron chi connectivity index (χ4n) is 5.96. The number of likely N-dealkylation sites (N-methyl/N-ethyl adjacent to an activating group) is 1. The number of nitrogens with two attached hydrogens (primary N) is 1. The van der Waals surface area contributed by atoms with E-state index in [2.05, 4.69) is 0 Å². The summed E-state index contributed by atoms with van der Waals surface area (Å²) in [5, 5.41) is 44.7. The number of phenolic OH excluding ortho intramolecular Hbond substituents is 1. The molecule has 11 heteroatoms. The zero-order chi connectivity index (χ0) is 27.7. The van der Waals surface area contributed by atoms with Crippen LogP contribution in [0.2, 0.25) is 0 Å². The minimum absolute atomic E-state index is 0.0415. The monoisotopic (exact) mass is 514 g/mol. The number of carbonyl (C=O) groups excluding carboxylic acids is 4. The summed E-state index contributed by atoms with van der Waals surface area (Å²) in [4.78, 5) is 53.9. The zero-order valence-electron chi connectivity index (χ0n) is 21.1. The highest BCUT2D eigenvalue weighted by Gasteiger charge is 2.69. The Balaban J connectivity index is 2.11. The Morgan fingerprint density at radius 2 is 1.76 bits per heavy atom. The van der Waals surface area contributed by atoms with Crippen LogP contribution in [-0.4, -0.2) is 80.6 Å². The molecule has 3 aliphatic rings. The van der Waals surface area contributed by atoms with Crippen molar-refractivity contribution in [2.75, 3.05) is 14.1 Å². The topological polar surface area (TPSA) is 188 Å². The second-order valence-corrected chi connectivity index (χ2v) is 10.4. The number of rotatable bonds is 4. The molecule has 4 rings (SSSR count). The lowest BCUT2D eigenvalue weighted by Crippen LogP contribution is -2.71. The summed E-state index contributed by atoms with van der Waals surface area (Å²) in [6.07, 6.45) is -1.41. The largest absolute Gasteiger partial charge is 0.508 e. The minimum Gasteiger partial charge on any atom is -0.508 e. The molecule has 0 spiro atoms. The van der Waals surface area contributed by atoms with Crippen molar-refractivity contribution in [1.82, 2.24) is 4.90 Å². The fourth-order valence-corrected chi connectivity index (χ4v) is 5.96. The van der Waals surface area contributed by atoms with Gasteiger partial charge in [-0.2, -0.15) is 0 Å². The van der Waals surface area contributed by atoms with Crippen molar-refractivity contribution < 1.29 is 44.3 Å². The lowest BCUT2D eigenvalue weighted by atomic mass is 9.54. The van der Waals surface area contributed by atoms with Crippen molar-refractivity contribution in [2.24, 2.45) is 23.5 Å². The van der Waals surface area contributed by atoms with Crippen molar-refractivity contribution in [3.05, 3.63) is 46.2 Å². The van der Waals surface area contributed by atoms with Crippen LogP contribution >= 0.6 is 0 Å². The smallest absolute Gasteiger partial charge is 0.308 e. The second-order valence-electron chi connectivity index (χ2n) is 10.4. The molecular weight excluding hydrogens is 484 g/mol. The van der Waals surface area contributed by atoms with E-state index in [4.69, 9.17) is 10.5 Å². The van der Waals surface area contributed by atoms with Gasteiger partial charge >= 0.3 is 5.97 Å². The Hall–Kier alpha value is -3.70. The van der Waals surface area contributed by atoms with E-state index in [-0.39, 0.29) is 11.3 Å². The number of aliphatic hydroxyl groups is 3. The van der Waals surface area contributed by atoms with E-state index in [1.54, 1.807) is 32.9 Å². The molecule has 37 heavy (non-hydrogen) atoms. The summed E-state index contributed by atoms with van der Waals surface area (Å²) >= 11 is 0. The number of benzene rings is 1. The van der Waals surface area contributed by atoms with Crippen molar-refractivity contribution in [2.45, 2.75) is 44.4 Å². The van der Waals surface area contributed by atoms with Gasteiger partial charge in [-0.3, -0.25) is 24.1 Å². The van der Waals surface area contributed by atoms with Gasteiger partial charge in [0.2, 0.25) is 5.78 Å². The first-order valence-corrected chi connectivity index (χ1v) is 11.8. The third-order valence-corrected chi connectivity index (χ3v) is 7.69. The summed E-state index contributed by atoms with van der Waals surface area (Å²) in [5.74, 6) is -10.3. The van der Waals surface area contributed by atoms with Gasteiger partial charge in [0.15, 0.2) is 11.4 Å². The van der Waals surface area contributed by atoms with Crippen LogP contribution < -0.4 is 5.73 Å². The first kappa shape index (κ1) is 26.4. The SMILES string of the molecule is CC(C)C(=O)O[C@@H]1[C@@H]2C(=C(O)c3c(O)cccc3[C@H]2C)C(=O)[C@@]2(O)C(O)=C(C(N)=O)C(=O)[C@H](N(C)C)[C@@H]12. The molecule has 1 aromatic carbocycles. The molecular formula is C26H30N2O9. The number of amides is 1. The molecule has 0 unspecified atom stereocenters. The summed E-state index contributed by atoms with van der Waals surface area (Å²) in [7, 11) is 2.94. The standard InChI is InChI=1S/C26H30N2O9/c1-9(2)25(35)37-21-13-10(3)11-7-6-8-12(29)14(11)19(30)15(13)22(32)26(36)17(21)18(28(4)5)20(31)16(23(26)33)24(27)34/h6-10,13,17-18,21,29-30,33,36H,1-5H3,(H2,27,34)/t10-,13+,17+,18-,21-,26-/m1/s1. The number of ether oxygens (including phenoxy) is 1. The van der Waals surface area contributed by atoms with Crippen LogP contribution in [0.3, 0.4) is 0 Å². The average Bonchev–Trinajstić information content (AvgIpc) is 2.80. The molecule has 198 valence electrons. The van der Waals surface area contributed by atoms with Crippen molar-refractivity contribution in [1.29, 1.82) is 0 Å². The number of hydrogen-bond acceptors (Lipinski definition) is 10. The number of aromatic hydroxyl groups is 1. The second kappa shape index (κ2) is 8.70. The highest BCUT2D eigenvalue weighted by Crippen LogP contribution is 2.56. The van der Waals surface area contributed by atoms with E-state index < -0.39 is 87.5 Å². The number of Topliss-reactive ketones (excluding diaryl/α,β-unsaturated/α-hetero) is 2. The lowest BCUT2D eigenvalue weighted by Gasteiger charge is -2.54. The maximum atomic E-state index is 14.0. The normalized spacial score (nSPS) is 31.3. The third kappa shape index (κ3) is 3.48. The molecule has 6 N–H and O–H groups in total. The number of hydrogen-bond donors (Lipinski definition) is 5. The van der Waals surface area contributed by atoms with Crippen molar-refractivity contribution in [3.63, 3.8) is 0 Å². The Morgan fingerprint density at radius 3 is 2.30 bits per heavy atom. The summed E-state index contributed by atoms with van der Waals surface area (Å²) < 4.78 is 5.85. The molecule has 1 aromatic rings. The number of fused-ring (bicyclic) bond motifs is 3. The van der Waals surface area contributed by atoms with E-state index >= 15 is 0 Å². The van der Waals surface area contributed by atoms with E-state index in [1.165, 1.54) is 25.1 Å². The van der Waals surface area contributed by atoms with Gasteiger partial charge in [-0.25, -0.2) is 0 Å². The van der Waals surface area contributed by atoms with Crippen LogP contribution in [0.1, 0.15) is 37.8 Å². The van der Waals surface area contributed by atoms with E-state index in [9.17, 15) is 39.6 Å². The molecule has 0 bridgehead atoms. The van der Waals surface area contributed by atoms with Crippen LogP contribution in [0, 0.1) is 17.8 Å². The van der Waals surface area contributed by atoms with Gasteiger partial charge in [0.05, 0.1) is 23.4 Å². The Bertz CT molecular complexity index is 1290. The molecule has 0 aromatic heterocycles. The van der Waals surface area contributed by atoms with Gasteiger partial charge in [-0.15, -0.1) is 0 Å². The van der Waals surface area contributed by atoms with Crippen LogP contribution in [0.15, 0.2) is 35.1 Å². The fraction of sp³-hybridized carbons (Fsp3) is 0.462. The molecule has 3 aliphatic carbocycles. The average molecular weight is 515 g/mol. The molecule has 0 heterocycles. The van der Waals surface area contributed by atoms with Crippen LogP contribution in [0.5, 0.6) is 5.75 Å². The Kier molecular flexibility index (Phi) is 6.20. The number of phenols is 1. The van der Waals surface area contributed by atoms with Gasteiger partial charge in [0.25, 0.3) is 5.91 Å². The molecule has 1 amide bonds. The molecule has 0 saturated heterocycles. The van der Waals surface area contributed by atoms with Crippen LogP contribution in [-0.2, 0) is 23.9 Å². The summed E-state index contributed by atoms with van der Waals surface area (Å²) in [6, 6.07) is 3.10. The maximum Gasteiger partial charge on any atom is 0.308 e. The van der Waals surface area contributed by atoms with Gasteiger partial charge < -0.3 is 30.9 Å². The van der Waals surface area contributed by atoms with E-state index in [0.717, 1.165) is 0 Å². The zero-order valence-corrected chi connectivity index (χ0v) is 21.1. The molecule has 0 aliphatic heterocycles. The van der Waals surface area contributed by atoms with E-state index in [1.807, 2.05) is 0 Å². The van der Waals surface area contributed by atoms with Crippen molar-refractivity contribution in [3.8, 4) is 5.75 Å². The first-order chi connectivity index (χ1) is 17.2. The molecule has 11 nitrogen and oxygen atoms in total. The van der Waals surface area contributed by atoms with E-state index in [0.29, 0.717) is 5.56 Å². The van der Waals surface area contributed by atoms with Crippen LogP contribution in [0.4, 0.5) is 0 Å². The molecule has 1 saturated carbocycles. The number of aliphatic hydroxyl groups excluding tert-OH is 2. The van der Waals surface area contributed by atoms with Gasteiger partial charge in [-0.1, -0.05) is 32.9 Å². The summed E-state index contributed by atoms with van der Waals surface area (Å²) in [5.41, 5.74) is 1.47. The quantitative estimate of drug-likeness (QED) is 0.283. The number of primary amides is 1. The predicted octanol–water partition coefficient (Wildman–Crippen LogP) is 0.703. The lowest BCUT2D eigenvalue weighted by molar-refractivity contribution is -0.187. The number of ketones is 2.